The molecule has 30 heavy (non-hydrogen) atoms. The average molecular weight is 420 g/mol. The number of aryl methyl sites for hydroxylation is 2. The van der Waals surface area contributed by atoms with E-state index in [1.807, 2.05) is 37.3 Å². The summed E-state index contributed by atoms with van der Waals surface area (Å²) in [7, 11) is 1.54. The Bertz CT molecular complexity index is 1170. The van der Waals surface area contributed by atoms with Crippen LogP contribution in [0.5, 0.6) is 5.75 Å². The molecule has 1 amide bonds. The van der Waals surface area contributed by atoms with Crippen molar-refractivity contribution in [2.24, 2.45) is 0 Å². The van der Waals surface area contributed by atoms with Gasteiger partial charge < -0.3 is 9.84 Å². The van der Waals surface area contributed by atoms with Crippen LogP contribution in [0.4, 0.5) is 5.69 Å². The Labute approximate surface area is 178 Å². The Hall–Kier alpha value is -3.45. The van der Waals surface area contributed by atoms with Crippen molar-refractivity contribution >= 4 is 28.7 Å². The van der Waals surface area contributed by atoms with E-state index in [1.165, 1.54) is 16.2 Å². The number of rotatable bonds is 5. The fourth-order valence-electron chi connectivity index (χ4n) is 3.68. The highest BCUT2D eigenvalue weighted by atomic mass is 32.1. The zero-order valence-electron chi connectivity index (χ0n) is 16.7. The van der Waals surface area contributed by atoms with Gasteiger partial charge in [-0.05, 0) is 31.5 Å². The lowest BCUT2D eigenvalue weighted by Gasteiger charge is -2.27. The first kappa shape index (κ1) is 19.8. The number of anilines is 1. The molecule has 3 aromatic rings. The van der Waals surface area contributed by atoms with Gasteiger partial charge in [0.25, 0.3) is 5.91 Å². The van der Waals surface area contributed by atoms with E-state index in [0.29, 0.717) is 22.0 Å². The van der Waals surface area contributed by atoms with Crippen molar-refractivity contribution in [3.63, 3.8) is 0 Å². The molecule has 2 aromatic carbocycles. The zero-order chi connectivity index (χ0) is 21.4. The van der Waals surface area contributed by atoms with Gasteiger partial charge >= 0.3 is 0 Å². The number of nitrogens with zero attached hydrogens (tertiary/aromatic N) is 2. The topological polar surface area (TPSA) is 79.7 Å². The molecule has 0 fully saturated rings. The number of ether oxygens (including phenoxy) is 1. The average Bonchev–Trinajstić information content (AvgIpc) is 3.23. The number of methoxy groups -OCH3 is 1. The largest absolute Gasteiger partial charge is 0.503 e. The van der Waals surface area contributed by atoms with Crippen LogP contribution in [0.2, 0.25) is 0 Å². The van der Waals surface area contributed by atoms with E-state index in [2.05, 4.69) is 4.98 Å². The number of aliphatic hydroxyl groups excluding tert-OH is 1. The van der Waals surface area contributed by atoms with Crippen LogP contribution in [-0.4, -0.2) is 28.9 Å². The predicted molar refractivity (Wildman–Crippen MR) is 115 cm³/mol. The van der Waals surface area contributed by atoms with E-state index < -0.39 is 17.7 Å². The number of benzene rings is 2. The molecule has 0 spiro atoms. The first-order valence-electron chi connectivity index (χ1n) is 9.36. The summed E-state index contributed by atoms with van der Waals surface area (Å²) in [5.41, 5.74) is 1.89. The van der Waals surface area contributed by atoms with Crippen molar-refractivity contribution in [1.29, 1.82) is 0 Å². The van der Waals surface area contributed by atoms with Crippen LogP contribution in [0.1, 0.15) is 32.0 Å². The van der Waals surface area contributed by atoms with Gasteiger partial charge in [0.2, 0.25) is 5.78 Å². The van der Waals surface area contributed by atoms with E-state index in [1.54, 1.807) is 38.3 Å². The number of thiazole rings is 1. The summed E-state index contributed by atoms with van der Waals surface area (Å²) in [5, 5.41) is 11.5. The predicted octanol–water partition coefficient (Wildman–Crippen LogP) is 4.55. The van der Waals surface area contributed by atoms with E-state index in [9.17, 15) is 14.7 Å². The first-order chi connectivity index (χ1) is 14.4. The Kier molecular flexibility index (Phi) is 5.13. The van der Waals surface area contributed by atoms with Crippen LogP contribution >= 0.6 is 11.3 Å². The van der Waals surface area contributed by atoms with Gasteiger partial charge in [0.1, 0.15) is 5.75 Å². The summed E-state index contributed by atoms with van der Waals surface area (Å²) in [5.74, 6) is -0.982. The van der Waals surface area contributed by atoms with Crippen LogP contribution in [0.15, 0.2) is 65.9 Å². The minimum Gasteiger partial charge on any atom is -0.503 e. The number of hydrogen-bond donors (Lipinski definition) is 1. The molecule has 1 N–H and O–H groups in total. The normalized spacial score (nSPS) is 16.3. The number of hydrogen-bond acceptors (Lipinski definition) is 6. The molecule has 1 aliphatic heterocycles. The Balaban J connectivity index is 1.89. The molecule has 0 saturated heterocycles. The second-order valence-electron chi connectivity index (χ2n) is 6.93. The van der Waals surface area contributed by atoms with Crippen LogP contribution in [0.25, 0.3) is 0 Å². The van der Waals surface area contributed by atoms with Crippen LogP contribution in [-0.2, 0) is 4.79 Å². The lowest BCUT2D eigenvalue weighted by atomic mass is 9.95. The van der Waals surface area contributed by atoms with Gasteiger partial charge in [0.05, 0.1) is 34.3 Å². The lowest BCUT2D eigenvalue weighted by Crippen LogP contribution is -2.31. The van der Waals surface area contributed by atoms with Crippen LogP contribution in [0, 0.1) is 13.8 Å². The van der Waals surface area contributed by atoms with E-state index in [0.717, 1.165) is 10.6 Å². The lowest BCUT2D eigenvalue weighted by molar-refractivity contribution is -0.117. The molecule has 1 aromatic heterocycles. The maximum Gasteiger partial charge on any atom is 0.294 e. The molecule has 152 valence electrons. The summed E-state index contributed by atoms with van der Waals surface area (Å²) >= 11 is 1.26. The van der Waals surface area contributed by atoms with Crippen molar-refractivity contribution in [3.8, 4) is 5.75 Å². The summed E-state index contributed by atoms with van der Waals surface area (Å²) < 4.78 is 5.29. The second-order valence-corrected chi connectivity index (χ2v) is 8.13. The van der Waals surface area contributed by atoms with Gasteiger partial charge in [0.15, 0.2) is 5.76 Å². The molecular formula is C23H20N2O4S. The first-order valence-corrected chi connectivity index (χ1v) is 10.2. The van der Waals surface area contributed by atoms with Gasteiger partial charge in [0, 0.05) is 11.8 Å². The quantitative estimate of drug-likeness (QED) is 0.613. The molecular weight excluding hydrogens is 400 g/mol. The molecule has 4 rings (SSSR count). The highest BCUT2D eigenvalue weighted by Gasteiger charge is 2.45. The highest BCUT2D eigenvalue weighted by molar-refractivity contribution is 7.14. The number of ketones is 1. The number of aromatic nitrogens is 1. The van der Waals surface area contributed by atoms with Crippen molar-refractivity contribution in [3.05, 3.63) is 87.1 Å². The molecule has 0 aliphatic carbocycles. The van der Waals surface area contributed by atoms with Gasteiger partial charge in [-0.2, -0.15) is 0 Å². The fourth-order valence-corrected chi connectivity index (χ4v) is 4.55. The Morgan fingerprint density at radius 2 is 1.87 bits per heavy atom. The molecule has 1 atom stereocenters. The molecule has 7 heteroatoms. The summed E-state index contributed by atoms with van der Waals surface area (Å²) in [6, 6.07) is 15.4. The Morgan fingerprint density at radius 1 is 1.13 bits per heavy atom. The molecule has 1 unspecified atom stereocenters. The molecule has 1 aliphatic rings. The number of carbonyl (C=O) groups excluding carboxylic acids is 2. The standard InChI is InChI=1S/C23H20N2O4S/c1-13-22(30-14(2)24-13)20(26)18-19(15-8-5-4-6-9-15)25(23(28)21(18)27)16-10-7-11-17(12-16)29-3/h4-12,19,27H,1-3H3. The third kappa shape index (κ3) is 3.27. The van der Waals surface area contributed by atoms with Crippen LogP contribution < -0.4 is 9.64 Å². The Morgan fingerprint density at radius 3 is 2.50 bits per heavy atom. The highest BCUT2D eigenvalue weighted by Crippen LogP contribution is 2.43. The SMILES string of the molecule is COc1cccc(N2C(=O)C(O)=C(C(=O)c3sc(C)nc3C)C2c2ccccc2)c1. The maximum atomic E-state index is 13.5. The van der Waals surface area contributed by atoms with Gasteiger partial charge in [-0.25, -0.2) is 4.98 Å². The summed E-state index contributed by atoms with van der Waals surface area (Å²) in [6.07, 6.45) is 0. The van der Waals surface area contributed by atoms with Gasteiger partial charge in [-0.15, -0.1) is 11.3 Å². The molecule has 0 saturated carbocycles. The fraction of sp³-hybridized carbons (Fsp3) is 0.174. The number of amides is 1. The van der Waals surface area contributed by atoms with E-state index in [-0.39, 0.29) is 11.4 Å². The van der Waals surface area contributed by atoms with Crippen molar-refractivity contribution in [2.45, 2.75) is 19.9 Å². The minimum absolute atomic E-state index is 0.0563. The van der Waals surface area contributed by atoms with E-state index in [4.69, 9.17) is 4.74 Å². The minimum atomic E-state index is -0.764. The third-order valence-electron chi connectivity index (χ3n) is 5.01. The smallest absolute Gasteiger partial charge is 0.294 e. The van der Waals surface area contributed by atoms with Crippen molar-refractivity contribution in [2.75, 3.05) is 12.0 Å². The molecule has 2 heterocycles. The van der Waals surface area contributed by atoms with Crippen molar-refractivity contribution in [1.82, 2.24) is 4.98 Å². The third-order valence-corrected chi connectivity index (χ3v) is 6.08. The molecule has 0 bridgehead atoms. The molecule has 0 radical (unpaired) electrons. The molecule has 6 nitrogen and oxygen atoms in total. The summed E-state index contributed by atoms with van der Waals surface area (Å²) in [6.45, 7) is 3.57. The van der Waals surface area contributed by atoms with Crippen molar-refractivity contribution < 1.29 is 19.4 Å². The number of Topliss-reactive ketones (excluding diaryl/α,β-unsaturated/α-hetero) is 1. The van der Waals surface area contributed by atoms with Gasteiger partial charge in [-0.3, -0.25) is 14.5 Å². The maximum absolute atomic E-state index is 13.5. The van der Waals surface area contributed by atoms with E-state index >= 15 is 0 Å². The van der Waals surface area contributed by atoms with Gasteiger partial charge in [-0.1, -0.05) is 36.4 Å². The summed E-state index contributed by atoms with van der Waals surface area (Å²) in [4.78, 5) is 32.8. The zero-order valence-corrected chi connectivity index (χ0v) is 17.6. The monoisotopic (exact) mass is 420 g/mol. The number of carbonyl (C=O) groups is 2. The second kappa shape index (κ2) is 7.76. The van der Waals surface area contributed by atoms with Crippen LogP contribution in [0.3, 0.4) is 0 Å². The number of aliphatic hydroxyl groups is 1.